The molecular formula is C18H24F3NO2. The summed E-state index contributed by atoms with van der Waals surface area (Å²) in [5.41, 5.74) is -0.00959. The Labute approximate surface area is 140 Å². The van der Waals surface area contributed by atoms with Gasteiger partial charge in [0.25, 0.3) is 0 Å². The Morgan fingerprint density at radius 1 is 1.21 bits per heavy atom. The van der Waals surface area contributed by atoms with Gasteiger partial charge >= 0.3 is 6.18 Å². The van der Waals surface area contributed by atoms with Crippen LogP contribution in [-0.4, -0.2) is 35.6 Å². The number of rotatable bonds is 5. The number of piperidine rings is 1. The van der Waals surface area contributed by atoms with Crippen molar-refractivity contribution in [3.63, 3.8) is 0 Å². The van der Waals surface area contributed by atoms with E-state index in [0.29, 0.717) is 25.9 Å². The highest BCUT2D eigenvalue weighted by Gasteiger charge is 2.33. The van der Waals surface area contributed by atoms with E-state index in [0.717, 1.165) is 37.0 Å². The molecule has 24 heavy (non-hydrogen) atoms. The lowest BCUT2D eigenvalue weighted by Gasteiger charge is -2.40. The Morgan fingerprint density at radius 3 is 2.25 bits per heavy atom. The van der Waals surface area contributed by atoms with E-state index in [2.05, 4.69) is 6.92 Å². The molecule has 1 saturated heterocycles. The van der Waals surface area contributed by atoms with Gasteiger partial charge in [-0.15, -0.1) is 0 Å². The zero-order valence-corrected chi connectivity index (χ0v) is 13.9. The van der Waals surface area contributed by atoms with Crippen molar-refractivity contribution in [2.75, 3.05) is 19.7 Å². The maximum absolute atomic E-state index is 12.5. The molecule has 1 aromatic rings. The number of alkyl halides is 3. The Balaban J connectivity index is 1.84. The van der Waals surface area contributed by atoms with E-state index >= 15 is 0 Å². The van der Waals surface area contributed by atoms with Crippen molar-refractivity contribution >= 4 is 5.91 Å². The topological polar surface area (TPSA) is 40.5 Å². The van der Waals surface area contributed by atoms with E-state index < -0.39 is 11.7 Å². The minimum Gasteiger partial charge on any atom is -0.396 e. The summed E-state index contributed by atoms with van der Waals surface area (Å²) in [6, 6.07) is 4.97. The molecule has 1 amide bonds. The molecule has 0 aliphatic carbocycles. The highest BCUT2D eigenvalue weighted by molar-refractivity contribution is 5.76. The Hall–Kier alpha value is -1.56. The van der Waals surface area contributed by atoms with Crippen molar-refractivity contribution in [3.05, 3.63) is 35.4 Å². The quantitative estimate of drug-likeness (QED) is 0.887. The van der Waals surface area contributed by atoms with Crippen molar-refractivity contribution in [3.8, 4) is 0 Å². The first-order chi connectivity index (χ1) is 11.3. The first kappa shape index (κ1) is 18.8. The van der Waals surface area contributed by atoms with Gasteiger partial charge in [-0.05, 0) is 48.8 Å². The van der Waals surface area contributed by atoms with Crippen LogP contribution in [0.25, 0.3) is 0 Å². The Bertz CT molecular complexity index is 540. The van der Waals surface area contributed by atoms with E-state index in [9.17, 15) is 23.1 Å². The average Bonchev–Trinajstić information content (AvgIpc) is 2.59. The number of amides is 1. The van der Waals surface area contributed by atoms with Crippen LogP contribution in [0.4, 0.5) is 13.2 Å². The molecule has 1 heterocycles. The molecule has 0 atom stereocenters. The maximum atomic E-state index is 12.5. The van der Waals surface area contributed by atoms with Crippen LogP contribution < -0.4 is 0 Å². The standard InChI is InChI=1S/C18H24F3NO2/c1-2-17(13-23)9-11-22(12-10-17)16(24)8-5-14-3-6-15(7-4-14)18(19,20)21/h3-4,6-7,23H,2,5,8-13H2,1H3. The molecule has 0 aromatic heterocycles. The molecular weight excluding hydrogens is 319 g/mol. The average molecular weight is 343 g/mol. The molecule has 2 rings (SSSR count). The van der Waals surface area contributed by atoms with Crippen LogP contribution in [0.3, 0.4) is 0 Å². The molecule has 3 nitrogen and oxygen atoms in total. The molecule has 0 radical (unpaired) electrons. The van der Waals surface area contributed by atoms with Crippen molar-refractivity contribution in [1.29, 1.82) is 0 Å². The lowest BCUT2D eigenvalue weighted by molar-refractivity contribution is -0.137. The normalized spacial score (nSPS) is 17.8. The molecule has 134 valence electrons. The summed E-state index contributed by atoms with van der Waals surface area (Å²) in [4.78, 5) is 14.1. The van der Waals surface area contributed by atoms with Gasteiger partial charge in [0.2, 0.25) is 5.91 Å². The number of carbonyl (C=O) groups is 1. The number of aliphatic hydroxyl groups is 1. The van der Waals surface area contributed by atoms with E-state index in [1.807, 2.05) is 0 Å². The predicted molar refractivity (Wildman–Crippen MR) is 85.4 cm³/mol. The molecule has 6 heteroatoms. The molecule has 0 unspecified atom stereocenters. The summed E-state index contributed by atoms with van der Waals surface area (Å²) >= 11 is 0. The molecule has 1 N–H and O–H groups in total. The second kappa shape index (κ2) is 7.55. The third-order valence-corrected chi connectivity index (χ3v) is 5.17. The molecule has 0 spiro atoms. The van der Waals surface area contributed by atoms with Gasteiger partial charge < -0.3 is 10.0 Å². The molecule has 0 saturated carbocycles. The number of aryl methyl sites for hydroxylation is 1. The van der Waals surface area contributed by atoms with Gasteiger partial charge in [0.05, 0.1) is 5.56 Å². The number of aliphatic hydroxyl groups excluding tert-OH is 1. The second-order valence-corrected chi connectivity index (χ2v) is 6.59. The van der Waals surface area contributed by atoms with Gasteiger partial charge in [0.15, 0.2) is 0 Å². The summed E-state index contributed by atoms with van der Waals surface area (Å²) in [7, 11) is 0. The number of nitrogens with zero attached hydrogens (tertiary/aromatic N) is 1. The minimum atomic E-state index is -4.33. The van der Waals surface area contributed by atoms with Gasteiger partial charge in [-0.3, -0.25) is 4.79 Å². The largest absolute Gasteiger partial charge is 0.416 e. The van der Waals surface area contributed by atoms with Crippen molar-refractivity contribution in [2.24, 2.45) is 5.41 Å². The number of hydrogen-bond acceptors (Lipinski definition) is 2. The number of likely N-dealkylation sites (tertiary alicyclic amines) is 1. The Morgan fingerprint density at radius 2 is 1.79 bits per heavy atom. The Kier molecular flexibility index (Phi) is 5.91. The van der Waals surface area contributed by atoms with Gasteiger partial charge in [-0.1, -0.05) is 19.1 Å². The predicted octanol–water partition coefficient (Wildman–Crippen LogP) is 3.65. The van der Waals surface area contributed by atoms with E-state index in [-0.39, 0.29) is 17.9 Å². The van der Waals surface area contributed by atoms with Gasteiger partial charge in [-0.2, -0.15) is 13.2 Å². The van der Waals surface area contributed by atoms with Crippen molar-refractivity contribution in [2.45, 2.75) is 45.2 Å². The summed E-state index contributed by atoms with van der Waals surface area (Å²) < 4.78 is 37.6. The van der Waals surface area contributed by atoms with Gasteiger partial charge in [0.1, 0.15) is 0 Å². The summed E-state index contributed by atoms with van der Waals surface area (Å²) in [6.45, 7) is 3.48. The number of benzene rings is 1. The molecule has 1 aliphatic heterocycles. The lowest BCUT2D eigenvalue weighted by Crippen LogP contribution is -2.44. The third-order valence-electron chi connectivity index (χ3n) is 5.17. The van der Waals surface area contributed by atoms with Crippen LogP contribution in [0.1, 0.15) is 43.7 Å². The molecule has 1 aromatic carbocycles. The third kappa shape index (κ3) is 4.50. The molecule has 0 bridgehead atoms. The SMILES string of the molecule is CCC1(CO)CCN(C(=O)CCc2ccc(C(F)(F)F)cc2)CC1. The first-order valence-electron chi connectivity index (χ1n) is 8.34. The number of halogens is 3. The van der Waals surface area contributed by atoms with Crippen LogP contribution in [0, 0.1) is 5.41 Å². The van der Waals surface area contributed by atoms with Crippen LogP contribution in [0.5, 0.6) is 0 Å². The highest BCUT2D eigenvalue weighted by atomic mass is 19.4. The van der Waals surface area contributed by atoms with E-state index in [1.165, 1.54) is 12.1 Å². The smallest absolute Gasteiger partial charge is 0.396 e. The summed E-state index contributed by atoms with van der Waals surface area (Å²) in [5, 5.41) is 9.51. The highest BCUT2D eigenvalue weighted by Crippen LogP contribution is 2.34. The van der Waals surface area contributed by atoms with Crippen LogP contribution in [0.2, 0.25) is 0 Å². The summed E-state index contributed by atoms with van der Waals surface area (Å²) in [6.07, 6.45) is -1.11. The van der Waals surface area contributed by atoms with Crippen molar-refractivity contribution < 1.29 is 23.1 Å². The fourth-order valence-corrected chi connectivity index (χ4v) is 3.12. The van der Waals surface area contributed by atoms with Crippen LogP contribution >= 0.6 is 0 Å². The summed E-state index contributed by atoms with van der Waals surface area (Å²) in [5.74, 6) is 0.0255. The number of carbonyl (C=O) groups excluding carboxylic acids is 1. The zero-order chi connectivity index (χ0) is 17.8. The van der Waals surface area contributed by atoms with Crippen LogP contribution in [-0.2, 0) is 17.4 Å². The minimum absolute atomic E-state index is 0.0255. The van der Waals surface area contributed by atoms with Crippen molar-refractivity contribution in [1.82, 2.24) is 4.90 Å². The second-order valence-electron chi connectivity index (χ2n) is 6.59. The van der Waals surface area contributed by atoms with Gasteiger partial charge in [-0.25, -0.2) is 0 Å². The van der Waals surface area contributed by atoms with E-state index in [1.54, 1.807) is 4.90 Å². The molecule has 1 aliphatic rings. The first-order valence-corrected chi connectivity index (χ1v) is 8.34. The lowest BCUT2D eigenvalue weighted by atomic mass is 9.77. The fourth-order valence-electron chi connectivity index (χ4n) is 3.12. The zero-order valence-electron chi connectivity index (χ0n) is 13.9. The molecule has 1 fully saturated rings. The fraction of sp³-hybridized carbons (Fsp3) is 0.611. The van der Waals surface area contributed by atoms with E-state index in [4.69, 9.17) is 0 Å². The van der Waals surface area contributed by atoms with Crippen LogP contribution in [0.15, 0.2) is 24.3 Å². The monoisotopic (exact) mass is 343 g/mol. The maximum Gasteiger partial charge on any atom is 0.416 e. The van der Waals surface area contributed by atoms with Gasteiger partial charge in [0, 0.05) is 26.1 Å². The number of hydrogen-bond donors (Lipinski definition) is 1.